The summed E-state index contributed by atoms with van der Waals surface area (Å²) in [6.07, 6.45) is 3.09. The zero-order valence-corrected chi connectivity index (χ0v) is 12.2. The molecule has 0 aromatic carbocycles. The van der Waals surface area contributed by atoms with Crippen molar-refractivity contribution < 1.29 is 9.90 Å². The third-order valence-corrected chi connectivity index (χ3v) is 2.93. The van der Waals surface area contributed by atoms with E-state index in [-0.39, 0.29) is 18.8 Å². The van der Waals surface area contributed by atoms with Gasteiger partial charge in [-0.3, -0.25) is 4.79 Å². The standard InChI is InChI=1S/C13H9ClN4O2.ClH/c14-11-5-8(3-4-15-11)10-1-2-12-16-9(6-13(19)20)7-18(12)17-10;/h1-5,7H,6H2,(H,19,20);1H. The molecule has 0 aliphatic carbocycles. The lowest BCUT2D eigenvalue weighted by molar-refractivity contribution is -0.136. The smallest absolute Gasteiger partial charge is 0.309 e. The quantitative estimate of drug-likeness (QED) is 0.748. The maximum absolute atomic E-state index is 10.7. The van der Waals surface area contributed by atoms with Crippen LogP contribution in [0.5, 0.6) is 0 Å². The number of rotatable bonds is 3. The van der Waals surface area contributed by atoms with E-state index in [9.17, 15) is 4.79 Å². The first-order valence-corrected chi connectivity index (χ1v) is 6.18. The molecule has 21 heavy (non-hydrogen) atoms. The van der Waals surface area contributed by atoms with E-state index in [1.54, 1.807) is 41.2 Å². The molecule has 6 nitrogen and oxygen atoms in total. The van der Waals surface area contributed by atoms with E-state index in [0.29, 0.717) is 22.2 Å². The summed E-state index contributed by atoms with van der Waals surface area (Å²) in [5, 5.41) is 13.5. The molecule has 0 radical (unpaired) electrons. The minimum atomic E-state index is -0.922. The molecule has 3 aromatic rings. The molecule has 0 spiro atoms. The van der Waals surface area contributed by atoms with Gasteiger partial charge in [0.15, 0.2) is 5.65 Å². The number of halogens is 2. The summed E-state index contributed by atoms with van der Waals surface area (Å²) in [5.41, 5.74) is 2.61. The van der Waals surface area contributed by atoms with Crippen molar-refractivity contribution in [2.24, 2.45) is 0 Å². The Morgan fingerprint density at radius 1 is 1.33 bits per heavy atom. The molecule has 3 aromatic heterocycles. The van der Waals surface area contributed by atoms with Crippen LogP contribution in [0, 0.1) is 0 Å². The molecule has 8 heteroatoms. The molecule has 108 valence electrons. The molecule has 1 N–H and O–H groups in total. The normalized spacial score (nSPS) is 10.3. The van der Waals surface area contributed by atoms with Crippen LogP contribution in [0.1, 0.15) is 5.69 Å². The van der Waals surface area contributed by atoms with Crippen molar-refractivity contribution in [1.29, 1.82) is 0 Å². The number of hydrogen-bond acceptors (Lipinski definition) is 4. The van der Waals surface area contributed by atoms with E-state index in [1.165, 1.54) is 0 Å². The molecular weight excluding hydrogens is 315 g/mol. The topological polar surface area (TPSA) is 80.4 Å². The summed E-state index contributed by atoms with van der Waals surface area (Å²) in [7, 11) is 0. The van der Waals surface area contributed by atoms with Crippen molar-refractivity contribution in [3.8, 4) is 11.3 Å². The number of hydrogen-bond donors (Lipinski definition) is 1. The highest BCUT2D eigenvalue weighted by molar-refractivity contribution is 6.29. The van der Waals surface area contributed by atoms with Crippen LogP contribution >= 0.6 is 24.0 Å². The van der Waals surface area contributed by atoms with Crippen LogP contribution in [0.3, 0.4) is 0 Å². The molecule has 0 bridgehead atoms. The van der Waals surface area contributed by atoms with Crippen LogP contribution < -0.4 is 0 Å². The van der Waals surface area contributed by atoms with E-state index in [2.05, 4.69) is 15.1 Å². The van der Waals surface area contributed by atoms with Gasteiger partial charge in [-0.1, -0.05) is 11.6 Å². The van der Waals surface area contributed by atoms with Gasteiger partial charge in [-0.2, -0.15) is 5.10 Å². The van der Waals surface area contributed by atoms with Gasteiger partial charge in [-0.05, 0) is 24.3 Å². The lowest BCUT2D eigenvalue weighted by atomic mass is 10.2. The first kappa shape index (κ1) is 15.2. The maximum atomic E-state index is 10.7. The highest BCUT2D eigenvalue weighted by Crippen LogP contribution is 2.19. The van der Waals surface area contributed by atoms with Crippen LogP contribution in [0.15, 0.2) is 36.7 Å². The van der Waals surface area contributed by atoms with Gasteiger partial charge in [0.2, 0.25) is 0 Å². The van der Waals surface area contributed by atoms with Crippen LogP contribution in [0.25, 0.3) is 16.9 Å². The molecule has 0 saturated carbocycles. The zero-order chi connectivity index (χ0) is 14.1. The summed E-state index contributed by atoms with van der Waals surface area (Å²) in [6, 6.07) is 7.10. The Morgan fingerprint density at radius 2 is 2.14 bits per heavy atom. The van der Waals surface area contributed by atoms with Gasteiger partial charge in [0.1, 0.15) is 5.15 Å². The summed E-state index contributed by atoms with van der Waals surface area (Å²) >= 11 is 5.85. The van der Waals surface area contributed by atoms with Gasteiger partial charge in [0.05, 0.1) is 24.0 Å². The number of aromatic nitrogens is 4. The molecule has 0 aliphatic rings. The second kappa shape index (κ2) is 6.07. The van der Waals surface area contributed by atoms with Crippen molar-refractivity contribution in [3.05, 3.63) is 47.5 Å². The molecule has 0 atom stereocenters. The highest BCUT2D eigenvalue weighted by Gasteiger charge is 2.08. The number of imidazole rings is 1. The maximum Gasteiger partial charge on any atom is 0.309 e. The number of carbonyl (C=O) groups is 1. The third-order valence-electron chi connectivity index (χ3n) is 2.72. The van der Waals surface area contributed by atoms with Crippen molar-refractivity contribution in [3.63, 3.8) is 0 Å². The zero-order valence-electron chi connectivity index (χ0n) is 10.6. The molecule has 0 amide bonds. The molecular formula is C13H10Cl2N4O2. The van der Waals surface area contributed by atoms with Crippen molar-refractivity contribution in [2.45, 2.75) is 6.42 Å². The van der Waals surface area contributed by atoms with Crippen molar-refractivity contribution in [2.75, 3.05) is 0 Å². The summed E-state index contributed by atoms with van der Waals surface area (Å²) < 4.78 is 1.56. The minimum Gasteiger partial charge on any atom is -0.481 e. The average Bonchev–Trinajstić information content (AvgIpc) is 2.78. The van der Waals surface area contributed by atoms with Gasteiger partial charge in [0, 0.05) is 11.8 Å². The summed E-state index contributed by atoms with van der Waals surface area (Å²) in [5.74, 6) is -0.922. The van der Waals surface area contributed by atoms with Gasteiger partial charge in [0.25, 0.3) is 0 Å². The number of pyridine rings is 1. The van der Waals surface area contributed by atoms with E-state index in [4.69, 9.17) is 16.7 Å². The predicted molar refractivity (Wildman–Crippen MR) is 79.8 cm³/mol. The van der Waals surface area contributed by atoms with E-state index in [0.717, 1.165) is 5.56 Å². The fraction of sp³-hybridized carbons (Fsp3) is 0.0769. The third kappa shape index (κ3) is 3.29. The van der Waals surface area contributed by atoms with Gasteiger partial charge in [-0.15, -0.1) is 12.4 Å². The molecule has 3 rings (SSSR count). The predicted octanol–water partition coefficient (Wildman–Crippen LogP) is 2.49. The van der Waals surface area contributed by atoms with Gasteiger partial charge < -0.3 is 5.11 Å². The Kier molecular flexibility index (Phi) is 4.40. The fourth-order valence-corrected chi connectivity index (χ4v) is 2.06. The van der Waals surface area contributed by atoms with E-state index < -0.39 is 5.97 Å². The molecule has 0 aliphatic heterocycles. The average molecular weight is 325 g/mol. The fourth-order valence-electron chi connectivity index (χ4n) is 1.89. The van der Waals surface area contributed by atoms with Gasteiger partial charge in [-0.25, -0.2) is 14.5 Å². The number of carboxylic acids is 1. The number of carboxylic acid groups (broad SMARTS) is 1. The van der Waals surface area contributed by atoms with Crippen molar-refractivity contribution >= 4 is 35.6 Å². The largest absolute Gasteiger partial charge is 0.481 e. The van der Waals surface area contributed by atoms with E-state index >= 15 is 0 Å². The Labute approximate surface area is 130 Å². The summed E-state index contributed by atoms with van der Waals surface area (Å²) in [4.78, 5) is 18.8. The van der Waals surface area contributed by atoms with Crippen LogP contribution in [0.2, 0.25) is 5.15 Å². The minimum absolute atomic E-state index is 0. The van der Waals surface area contributed by atoms with Gasteiger partial charge >= 0.3 is 5.97 Å². The monoisotopic (exact) mass is 324 g/mol. The summed E-state index contributed by atoms with van der Waals surface area (Å²) in [6.45, 7) is 0. The highest BCUT2D eigenvalue weighted by atomic mass is 35.5. The number of aliphatic carboxylic acids is 1. The lowest BCUT2D eigenvalue weighted by Gasteiger charge is -2.01. The first-order valence-electron chi connectivity index (χ1n) is 5.81. The van der Waals surface area contributed by atoms with Crippen molar-refractivity contribution in [1.82, 2.24) is 19.6 Å². The number of nitrogens with zero attached hydrogens (tertiary/aromatic N) is 4. The Bertz CT molecular complexity index is 804. The second-order valence-corrected chi connectivity index (χ2v) is 4.58. The van der Waals surface area contributed by atoms with E-state index in [1.807, 2.05) is 0 Å². The lowest BCUT2D eigenvalue weighted by Crippen LogP contribution is -1.99. The number of fused-ring (bicyclic) bond motifs is 1. The first-order chi connectivity index (χ1) is 9.61. The SMILES string of the molecule is Cl.O=C(O)Cc1cn2nc(-c3ccnc(Cl)c3)ccc2n1. The van der Waals surface area contributed by atoms with Crippen LogP contribution in [0.4, 0.5) is 0 Å². The second-order valence-electron chi connectivity index (χ2n) is 4.19. The Morgan fingerprint density at radius 3 is 2.86 bits per heavy atom. The Hall–Kier alpha value is -2.18. The molecule has 3 heterocycles. The van der Waals surface area contributed by atoms with Crippen LogP contribution in [-0.4, -0.2) is 30.7 Å². The van der Waals surface area contributed by atoms with Crippen LogP contribution in [-0.2, 0) is 11.2 Å². The molecule has 0 saturated heterocycles. The Balaban J connectivity index is 0.00000161. The molecule has 0 unspecified atom stereocenters. The molecule has 0 fully saturated rings.